The third-order valence-corrected chi connectivity index (χ3v) is 5.48. The van der Waals surface area contributed by atoms with Crippen molar-refractivity contribution in [1.29, 1.82) is 0 Å². The Hall–Kier alpha value is -2.36. The highest BCUT2D eigenvalue weighted by Crippen LogP contribution is 2.40. The molecule has 9 heteroatoms. The summed E-state index contributed by atoms with van der Waals surface area (Å²) in [6.07, 6.45) is 1.52. The number of ether oxygens (including phenoxy) is 1. The lowest BCUT2D eigenvalue weighted by molar-refractivity contribution is -0.113. The molecule has 6 nitrogen and oxygen atoms in total. The first-order valence-corrected chi connectivity index (χ1v) is 9.51. The van der Waals surface area contributed by atoms with Gasteiger partial charge in [-0.3, -0.25) is 9.69 Å². The number of anilines is 1. The molecule has 0 atom stereocenters. The fraction of sp³-hybridized carbons (Fsp3) is 0.0556. The van der Waals surface area contributed by atoms with E-state index in [0.717, 1.165) is 11.8 Å². The third kappa shape index (κ3) is 3.85. The fourth-order valence-corrected chi connectivity index (χ4v) is 4.21. The minimum atomic E-state index is -1.09. The van der Waals surface area contributed by atoms with Crippen LogP contribution in [-0.2, 0) is 4.79 Å². The van der Waals surface area contributed by atoms with Crippen LogP contribution in [0.2, 0.25) is 0 Å². The fourth-order valence-electron chi connectivity index (χ4n) is 2.47. The lowest BCUT2D eigenvalue weighted by Gasteiger charge is -2.14. The molecule has 138 valence electrons. The molecule has 0 radical (unpaired) electrons. The number of benzene rings is 2. The van der Waals surface area contributed by atoms with Gasteiger partial charge in [-0.25, -0.2) is 4.79 Å². The van der Waals surface area contributed by atoms with Gasteiger partial charge in [-0.1, -0.05) is 46.0 Å². The Bertz CT molecular complexity index is 1010. The van der Waals surface area contributed by atoms with E-state index < -0.39 is 11.9 Å². The molecule has 1 heterocycles. The lowest BCUT2D eigenvalue weighted by atomic mass is 10.1. The zero-order valence-corrected chi connectivity index (χ0v) is 17.0. The summed E-state index contributed by atoms with van der Waals surface area (Å²) in [4.78, 5) is 25.6. The van der Waals surface area contributed by atoms with Gasteiger partial charge in [0.15, 0.2) is 15.8 Å². The van der Waals surface area contributed by atoms with Gasteiger partial charge in [-0.05, 0) is 36.4 Å². The molecular formula is C18H12BrNO5S2. The second-order valence-electron chi connectivity index (χ2n) is 5.42. The Morgan fingerprint density at radius 2 is 2.07 bits per heavy atom. The van der Waals surface area contributed by atoms with E-state index in [1.54, 1.807) is 24.3 Å². The number of hydrogen-bond acceptors (Lipinski definition) is 6. The smallest absolute Gasteiger partial charge is 0.335 e. The molecule has 0 saturated carbocycles. The van der Waals surface area contributed by atoms with Crippen molar-refractivity contribution in [3.63, 3.8) is 0 Å². The molecule has 3 rings (SSSR count). The Balaban J connectivity index is 2.00. The summed E-state index contributed by atoms with van der Waals surface area (Å²) in [5.74, 6) is -1.33. The van der Waals surface area contributed by atoms with Crippen LogP contribution in [0.4, 0.5) is 5.69 Å². The van der Waals surface area contributed by atoms with Gasteiger partial charge in [0.1, 0.15) is 0 Å². The number of thioether (sulfide) groups is 1. The molecule has 1 aliphatic rings. The molecule has 27 heavy (non-hydrogen) atoms. The average Bonchev–Trinajstić information content (AvgIpc) is 2.91. The van der Waals surface area contributed by atoms with Crippen LogP contribution >= 0.6 is 39.9 Å². The summed E-state index contributed by atoms with van der Waals surface area (Å²) in [6.45, 7) is 0. The molecule has 0 aliphatic carbocycles. The first kappa shape index (κ1) is 19.4. The molecule has 1 fully saturated rings. The monoisotopic (exact) mass is 465 g/mol. The Morgan fingerprint density at radius 3 is 2.74 bits per heavy atom. The van der Waals surface area contributed by atoms with E-state index in [1.165, 1.54) is 30.2 Å². The number of nitrogens with zero attached hydrogens (tertiary/aromatic N) is 1. The maximum atomic E-state index is 12.8. The Kier molecular flexibility index (Phi) is 5.54. The molecule has 1 saturated heterocycles. The van der Waals surface area contributed by atoms with Crippen LogP contribution < -0.4 is 9.64 Å². The van der Waals surface area contributed by atoms with Gasteiger partial charge < -0.3 is 14.9 Å². The van der Waals surface area contributed by atoms with E-state index in [2.05, 4.69) is 15.9 Å². The molecule has 1 aliphatic heterocycles. The van der Waals surface area contributed by atoms with Gasteiger partial charge in [-0.15, -0.1) is 0 Å². The number of phenols is 1. The molecule has 0 unspecified atom stereocenters. The number of carbonyl (C=O) groups excluding carboxylic acids is 1. The van der Waals surface area contributed by atoms with Gasteiger partial charge >= 0.3 is 5.97 Å². The number of phenolic OH excluding ortho intramolecular Hbond substituents is 1. The summed E-state index contributed by atoms with van der Waals surface area (Å²) in [5, 5.41) is 19.4. The minimum absolute atomic E-state index is 0.0555. The predicted octanol–water partition coefficient (Wildman–Crippen LogP) is 4.27. The zero-order valence-electron chi connectivity index (χ0n) is 13.8. The van der Waals surface area contributed by atoms with Crippen molar-refractivity contribution in [2.24, 2.45) is 0 Å². The molecule has 0 bridgehead atoms. The van der Waals surface area contributed by atoms with E-state index in [9.17, 15) is 14.7 Å². The standard InChI is InChI=1S/C18H12BrNO5S2/c1-25-13-8-11(19)5-10(15(13)21)7-14-16(22)20(18(26)27-14)12-4-2-3-9(6-12)17(23)24/h2-8,21H,1H3,(H,23,24). The summed E-state index contributed by atoms with van der Waals surface area (Å²) in [6, 6.07) is 9.23. The van der Waals surface area contributed by atoms with Crippen molar-refractivity contribution >= 4 is 67.9 Å². The third-order valence-electron chi connectivity index (χ3n) is 3.72. The quantitative estimate of drug-likeness (QED) is 0.514. The molecule has 2 aromatic rings. The van der Waals surface area contributed by atoms with Crippen molar-refractivity contribution in [2.45, 2.75) is 0 Å². The molecule has 1 amide bonds. The zero-order chi connectivity index (χ0) is 19.7. The number of carboxylic acid groups (broad SMARTS) is 1. The van der Waals surface area contributed by atoms with Gasteiger partial charge in [0.05, 0.1) is 23.3 Å². The van der Waals surface area contributed by atoms with E-state index in [4.69, 9.17) is 22.1 Å². The number of aromatic carboxylic acids is 1. The molecular weight excluding hydrogens is 454 g/mol. The number of carboxylic acids is 1. The topological polar surface area (TPSA) is 87.1 Å². The molecule has 0 spiro atoms. The van der Waals surface area contributed by atoms with E-state index >= 15 is 0 Å². The lowest BCUT2D eigenvalue weighted by Crippen LogP contribution is -2.27. The second kappa shape index (κ2) is 7.71. The number of aromatic hydroxyl groups is 1. The van der Waals surface area contributed by atoms with Crippen LogP contribution in [0.1, 0.15) is 15.9 Å². The number of methoxy groups -OCH3 is 1. The van der Waals surface area contributed by atoms with Crippen molar-refractivity contribution in [1.82, 2.24) is 0 Å². The number of thiocarbonyl (C=S) groups is 1. The number of amides is 1. The van der Waals surface area contributed by atoms with Crippen molar-refractivity contribution in [2.75, 3.05) is 12.0 Å². The summed E-state index contributed by atoms with van der Waals surface area (Å²) in [5.41, 5.74) is 0.817. The summed E-state index contributed by atoms with van der Waals surface area (Å²) < 4.78 is 6.06. The van der Waals surface area contributed by atoms with Crippen molar-refractivity contribution in [3.05, 3.63) is 56.9 Å². The van der Waals surface area contributed by atoms with Crippen molar-refractivity contribution < 1.29 is 24.5 Å². The number of rotatable bonds is 4. The predicted molar refractivity (Wildman–Crippen MR) is 111 cm³/mol. The maximum Gasteiger partial charge on any atom is 0.335 e. The van der Waals surface area contributed by atoms with E-state index in [1.807, 2.05) is 0 Å². The van der Waals surface area contributed by atoms with Gasteiger partial charge in [0.25, 0.3) is 5.91 Å². The van der Waals surface area contributed by atoms with Crippen LogP contribution in [-0.4, -0.2) is 33.5 Å². The SMILES string of the molecule is COc1cc(Br)cc(C=C2SC(=S)N(c3cccc(C(=O)O)c3)C2=O)c1O. The number of halogens is 1. The van der Waals surface area contributed by atoms with Gasteiger partial charge in [-0.2, -0.15) is 0 Å². The van der Waals surface area contributed by atoms with E-state index in [0.29, 0.717) is 20.6 Å². The second-order valence-corrected chi connectivity index (χ2v) is 8.01. The summed E-state index contributed by atoms with van der Waals surface area (Å²) >= 11 is 9.69. The summed E-state index contributed by atoms with van der Waals surface area (Å²) in [7, 11) is 1.43. The van der Waals surface area contributed by atoms with Gasteiger partial charge in [0, 0.05) is 10.0 Å². The van der Waals surface area contributed by atoms with Crippen LogP contribution in [0.5, 0.6) is 11.5 Å². The number of hydrogen-bond donors (Lipinski definition) is 2. The van der Waals surface area contributed by atoms with E-state index in [-0.39, 0.29) is 21.4 Å². The van der Waals surface area contributed by atoms with Crippen molar-refractivity contribution in [3.8, 4) is 11.5 Å². The first-order chi connectivity index (χ1) is 12.8. The minimum Gasteiger partial charge on any atom is -0.504 e. The molecule has 0 aromatic heterocycles. The first-order valence-electron chi connectivity index (χ1n) is 7.49. The molecule has 2 aromatic carbocycles. The Labute approximate surface area is 172 Å². The van der Waals surface area contributed by atoms with Crippen LogP contribution in [0.25, 0.3) is 6.08 Å². The average molecular weight is 466 g/mol. The highest BCUT2D eigenvalue weighted by atomic mass is 79.9. The van der Waals surface area contributed by atoms with Gasteiger partial charge in [0.2, 0.25) is 0 Å². The number of carbonyl (C=O) groups is 2. The van der Waals surface area contributed by atoms with Crippen LogP contribution in [0.3, 0.4) is 0 Å². The largest absolute Gasteiger partial charge is 0.504 e. The Morgan fingerprint density at radius 1 is 1.33 bits per heavy atom. The maximum absolute atomic E-state index is 12.8. The van der Waals surface area contributed by atoms with Crippen LogP contribution in [0, 0.1) is 0 Å². The normalized spacial score (nSPS) is 15.5. The molecule has 2 N–H and O–H groups in total. The highest BCUT2D eigenvalue weighted by molar-refractivity contribution is 9.10. The highest BCUT2D eigenvalue weighted by Gasteiger charge is 2.34. The van der Waals surface area contributed by atoms with Crippen LogP contribution in [0.15, 0.2) is 45.8 Å².